The molecule has 4 heteroatoms. The molecule has 2 aromatic rings. The van der Waals surface area contributed by atoms with E-state index in [2.05, 4.69) is 17.0 Å². The van der Waals surface area contributed by atoms with Crippen molar-refractivity contribution in [2.24, 2.45) is 0 Å². The third-order valence-corrected chi connectivity index (χ3v) is 5.46. The molecule has 0 bridgehead atoms. The number of hydrogen-bond donors (Lipinski definition) is 0. The van der Waals surface area contributed by atoms with E-state index in [-0.39, 0.29) is 6.10 Å². The van der Waals surface area contributed by atoms with Crippen LogP contribution in [0, 0.1) is 0 Å². The third-order valence-electron chi connectivity index (χ3n) is 4.52. The molecule has 0 radical (unpaired) electrons. The van der Waals surface area contributed by atoms with Gasteiger partial charge in [-0.3, -0.25) is 4.79 Å². The van der Waals surface area contributed by atoms with Crippen LogP contribution in [0.15, 0.2) is 60.3 Å². The molecule has 3 nitrogen and oxygen atoms in total. The zero-order valence-corrected chi connectivity index (χ0v) is 14.2. The molecule has 1 fully saturated rings. The molecule has 1 atom stereocenters. The molecular formula is C20H19NO2S. The zero-order valence-electron chi connectivity index (χ0n) is 13.4. The molecule has 0 aromatic heterocycles. The van der Waals surface area contributed by atoms with E-state index in [0.717, 1.165) is 59.0 Å². The van der Waals surface area contributed by atoms with E-state index in [4.69, 9.17) is 4.74 Å². The lowest BCUT2D eigenvalue weighted by Crippen LogP contribution is -2.37. The molecule has 1 unspecified atom stereocenters. The Morgan fingerprint density at radius 2 is 1.71 bits per heavy atom. The van der Waals surface area contributed by atoms with E-state index in [0.29, 0.717) is 0 Å². The average Bonchev–Trinajstić information content (AvgIpc) is 2.67. The van der Waals surface area contributed by atoms with Crippen LogP contribution in [0.3, 0.4) is 0 Å². The summed E-state index contributed by atoms with van der Waals surface area (Å²) in [5, 5.41) is 0. The molecule has 122 valence electrons. The summed E-state index contributed by atoms with van der Waals surface area (Å²) < 4.78 is 6.35. The van der Waals surface area contributed by atoms with Gasteiger partial charge in [-0.05, 0) is 11.6 Å². The van der Waals surface area contributed by atoms with E-state index < -0.39 is 0 Å². The first-order valence-corrected chi connectivity index (χ1v) is 9.37. The second-order valence-electron chi connectivity index (χ2n) is 5.92. The molecule has 0 spiro atoms. The minimum absolute atomic E-state index is 0.232. The van der Waals surface area contributed by atoms with Crippen molar-refractivity contribution in [3.8, 4) is 5.75 Å². The first-order valence-electron chi connectivity index (χ1n) is 8.21. The Balaban J connectivity index is 1.88. The van der Waals surface area contributed by atoms with Gasteiger partial charge in [-0.15, -0.1) is 0 Å². The molecule has 24 heavy (non-hydrogen) atoms. The monoisotopic (exact) mass is 337 g/mol. The van der Waals surface area contributed by atoms with Gasteiger partial charge in [0.25, 0.3) is 0 Å². The molecule has 1 saturated heterocycles. The van der Waals surface area contributed by atoms with E-state index in [9.17, 15) is 4.79 Å². The van der Waals surface area contributed by atoms with Gasteiger partial charge in [0, 0.05) is 35.7 Å². The number of thioether (sulfide) groups is 1. The summed E-state index contributed by atoms with van der Waals surface area (Å²) in [6.07, 6.45) is 0.762. The highest BCUT2D eigenvalue weighted by Gasteiger charge is 2.33. The molecule has 0 N–H and O–H groups in total. The van der Waals surface area contributed by atoms with Gasteiger partial charge in [0.2, 0.25) is 0 Å². The summed E-state index contributed by atoms with van der Waals surface area (Å²) in [6.45, 7) is 1.90. The second-order valence-corrected chi connectivity index (χ2v) is 7.15. The highest BCUT2D eigenvalue weighted by molar-refractivity contribution is 7.99. The number of hydrogen-bond acceptors (Lipinski definition) is 4. The first-order chi connectivity index (χ1) is 11.9. The quantitative estimate of drug-likeness (QED) is 0.797. The maximum absolute atomic E-state index is 12.0. The Morgan fingerprint density at radius 3 is 2.46 bits per heavy atom. The molecule has 0 saturated carbocycles. The SMILES string of the molecule is O=CC1=C(N2CCSCC2)C(c2ccccc2)Oc2ccccc21. The lowest BCUT2D eigenvalue weighted by Gasteiger charge is -2.39. The van der Waals surface area contributed by atoms with Gasteiger partial charge in [-0.25, -0.2) is 0 Å². The smallest absolute Gasteiger partial charge is 0.164 e. The van der Waals surface area contributed by atoms with E-state index in [1.54, 1.807) is 0 Å². The molecule has 2 aliphatic heterocycles. The lowest BCUT2D eigenvalue weighted by atomic mass is 9.93. The Labute approximate surface area is 146 Å². The number of fused-ring (bicyclic) bond motifs is 1. The Hall–Kier alpha value is -2.20. The predicted molar refractivity (Wildman–Crippen MR) is 98.1 cm³/mol. The Bertz CT molecular complexity index is 766. The average molecular weight is 337 g/mol. The number of ether oxygens (including phenoxy) is 1. The second kappa shape index (κ2) is 6.73. The van der Waals surface area contributed by atoms with Gasteiger partial charge < -0.3 is 9.64 Å². The predicted octanol–water partition coefficient (Wildman–Crippen LogP) is 3.78. The van der Waals surface area contributed by atoms with Crippen molar-refractivity contribution in [2.75, 3.05) is 24.6 Å². The summed E-state index contributed by atoms with van der Waals surface area (Å²) >= 11 is 1.96. The van der Waals surface area contributed by atoms with Crippen molar-refractivity contribution in [2.45, 2.75) is 6.10 Å². The van der Waals surface area contributed by atoms with E-state index in [1.807, 2.05) is 54.2 Å². The third kappa shape index (κ3) is 2.71. The van der Waals surface area contributed by atoms with Crippen LogP contribution >= 0.6 is 11.8 Å². The molecule has 4 rings (SSSR count). The number of rotatable bonds is 3. The van der Waals surface area contributed by atoms with E-state index in [1.165, 1.54) is 0 Å². The summed E-state index contributed by atoms with van der Waals surface area (Å²) in [7, 11) is 0. The number of benzene rings is 2. The van der Waals surface area contributed by atoms with Crippen molar-refractivity contribution < 1.29 is 9.53 Å². The topological polar surface area (TPSA) is 29.5 Å². The maximum atomic E-state index is 12.0. The van der Waals surface area contributed by atoms with Crippen LogP contribution in [0.5, 0.6) is 5.75 Å². The molecule has 2 aliphatic rings. The Morgan fingerprint density at radius 1 is 1.00 bits per heavy atom. The van der Waals surface area contributed by atoms with Crippen molar-refractivity contribution in [3.05, 3.63) is 71.4 Å². The van der Waals surface area contributed by atoms with Crippen LogP contribution in [0.1, 0.15) is 17.2 Å². The zero-order chi connectivity index (χ0) is 16.4. The first kappa shape index (κ1) is 15.3. The molecule has 2 heterocycles. The standard InChI is InChI=1S/C20H19NO2S/c22-14-17-16-8-4-5-9-18(16)23-20(15-6-2-1-3-7-15)19(17)21-10-12-24-13-11-21/h1-9,14,20H,10-13H2. The minimum Gasteiger partial charge on any atom is -0.479 e. The summed E-state index contributed by atoms with van der Waals surface area (Å²) in [5.74, 6) is 2.95. The number of carbonyl (C=O) groups is 1. The number of aldehydes is 1. The largest absolute Gasteiger partial charge is 0.479 e. The minimum atomic E-state index is -0.232. The van der Waals surface area contributed by atoms with Gasteiger partial charge in [0.05, 0.1) is 5.70 Å². The molecule has 0 aliphatic carbocycles. The fourth-order valence-electron chi connectivity index (χ4n) is 3.37. The number of nitrogens with zero attached hydrogens (tertiary/aromatic N) is 1. The van der Waals surface area contributed by atoms with Crippen LogP contribution < -0.4 is 4.74 Å². The summed E-state index contributed by atoms with van der Waals surface area (Å²) in [4.78, 5) is 14.3. The van der Waals surface area contributed by atoms with Crippen molar-refractivity contribution >= 4 is 23.6 Å². The fraction of sp³-hybridized carbons (Fsp3) is 0.250. The number of para-hydroxylation sites is 1. The van der Waals surface area contributed by atoms with E-state index >= 15 is 0 Å². The summed E-state index contributed by atoms with van der Waals surface area (Å²) in [5.41, 5.74) is 3.75. The van der Waals surface area contributed by atoms with Crippen LogP contribution in [-0.2, 0) is 4.79 Å². The normalized spacial score (nSPS) is 20.3. The lowest BCUT2D eigenvalue weighted by molar-refractivity contribution is -0.103. The van der Waals surface area contributed by atoms with Gasteiger partial charge in [0.15, 0.2) is 12.4 Å². The highest BCUT2D eigenvalue weighted by atomic mass is 32.2. The maximum Gasteiger partial charge on any atom is 0.164 e. The van der Waals surface area contributed by atoms with Gasteiger partial charge in [-0.1, -0.05) is 48.5 Å². The summed E-state index contributed by atoms with van der Waals surface area (Å²) in [6, 6.07) is 18.0. The van der Waals surface area contributed by atoms with Crippen LogP contribution in [-0.4, -0.2) is 35.8 Å². The van der Waals surface area contributed by atoms with Crippen LogP contribution in [0.4, 0.5) is 0 Å². The fourth-order valence-corrected chi connectivity index (χ4v) is 4.28. The molecule has 0 amide bonds. The van der Waals surface area contributed by atoms with Gasteiger partial charge in [-0.2, -0.15) is 11.8 Å². The Kier molecular flexibility index (Phi) is 4.30. The van der Waals surface area contributed by atoms with Gasteiger partial charge in [0.1, 0.15) is 5.75 Å². The van der Waals surface area contributed by atoms with Crippen molar-refractivity contribution in [1.82, 2.24) is 4.90 Å². The van der Waals surface area contributed by atoms with Gasteiger partial charge >= 0.3 is 0 Å². The van der Waals surface area contributed by atoms with Crippen LogP contribution in [0.25, 0.3) is 5.57 Å². The number of allylic oxidation sites excluding steroid dienone is 1. The number of carbonyl (C=O) groups excluding carboxylic acids is 1. The molecular weight excluding hydrogens is 318 g/mol. The molecule has 2 aromatic carbocycles. The van der Waals surface area contributed by atoms with Crippen molar-refractivity contribution in [3.63, 3.8) is 0 Å². The van der Waals surface area contributed by atoms with Crippen molar-refractivity contribution in [1.29, 1.82) is 0 Å². The highest BCUT2D eigenvalue weighted by Crippen LogP contribution is 2.43. The van der Waals surface area contributed by atoms with Crippen LogP contribution in [0.2, 0.25) is 0 Å².